The van der Waals surface area contributed by atoms with E-state index in [-0.39, 0.29) is 6.03 Å². The molecule has 6 heteroatoms. The Hall–Kier alpha value is -1.75. The molecule has 2 amide bonds. The quantitative estimate of drug-likeness (QED) is 0.880. The molecule has 3 rings (SSSR count). The molecule has 1 aliphatic rings. The molecule has 1 N–H and O–H groups in total. The van der Waals surface area contributed by atoms with Crippen LogP contribution in [0.15, 0.2) is 18.3 Å². The van der Waals surface area contributed by atoms with Crippen LogP contribution in [0.5, 0.6) is 0 Å². The number of likely N-dealkylation sites (tertiary alicyclic amines) is 1. The summed E-state index contributed by atoms with van der Waals surface area (Å²) in [6, 6.07) is 4.03. The van der Waals surface area contributed by atoms with Gasteiger partial charge in [-0.1, -0.05) is 11.6 Å². The van der Waals surface area contributed by atoms with Crippen molar-refractivity contribution in [1.82, 2.24) is 20.0 Å². The summed E-state index contributed by atoms with van der Waals surface area (Å²) in [5, 5.41) is 8.95. The van der Waals surface area contributed by atoms with Crippen molar-refractivity contribution in [2.24, 2.45) is 0 Å². The van der Waals surface area contributed by atoms with E-state index >= 15 is 0 Å². The molecule has 1 aromatic heterocycles. The minimum Gasteiger partial charge on any atom is -0.331 e. The fraction of sp³-hybridized carbons (Fsp3) is 0.467. The molecule has 0 radical (unpaired) electrons. The molecular formula is C15H19ClN4O. The van der Waals surface area contributed by atoms with Gasteiger partial charge in [-0.25, -0.2) is 4.79 Å². The second-order valence-corrected chi connectivity index (χ2v) is 6.20. The van der Waals surface area contributed by atoms with Crippen molar-refractivity contribution >= 4 is 28.5 Å². The van der Waals surface area contributed by atoms with Gasteiger partial charge in [0.15, 0.2) is 0 Å². The van der Waals surface area contributed by atoms with Gasteiger partial charge in [0.2, 0.25) is 0 Å². The maximum atomic E-state index is 12.0. The summed E-state index contributed by atoms with van der Waals surface area (Å²) in [6.45, 7) is 1.57. The average Bonchev–Trinajstić information content (AvgIpc) is 2.93. The van der Waals surface area contributed by atoms with Gasteiger partial charge in [-0.3, -0.25) is 5.10 Å². The number of piperidine rings is 1. The Morgan fingerprint density at radius 3 is 2.76 bits per heavy atom. The van der Waals surface area contributed by atoms with Crippen LogP contribution in [0.1, 0.15) is 24.3 Å². The van der Waals surface area contributed by atoms with E-state index in [9.17, 15) is 4.79 Å². The molecule has 2 aromatic rings. The van der Waals surface area contributed by atoms with E-state index in [1.54, 1.807) is 19.0 Å². The zero-order chi connectivity index (χ0) is 15.0. The highest BCUT2D eigenvalue weighted by Crippen LogP contribution is 2.34. The molecule has 21 heavy (non-hydrogen) atoms. The SMILES string of the molecule is CN(C)C(=O)N1CCC(c2cc(Cl)cc3[nH]ncc23)CC1. The summed E-state index contributed by atoms with van der Waals surface area (Å²) in [4.78, 5) is 15.5. The number of carbonyl (C=O) groups excluding carboxylic acids is 1. The molecule has 2 heterocycles. The normalized spacial score (nSPS) is 16.4. The number of aromatic nitrogens is 2. The second kappa shape index (κ2) is 5.56. The fourth-order valence-electron chi connectivity index (χ4n) is 3.04. The van der Waals surface area contributed by atoms with Crippen LogP contribution in [0.2, 0.25) is 5.02 Å². The second-order valence-electron chi connectivity index (χ2n) is 5.76. The number of carbonyl (C=O) groups is 1. The van der Waals surface area contributed by atoms with Crippen molar-refractivity contribution in [2.75, 3.05) is 27.2 Å². The van der Waals surface area contributed by atoms with Crippen LogP contribution in [0, 0.1) is 0 Å². The maximum Gasteiger partial charge on any atom is 0.319 e. The lowest BCUT2D eigenvalue weighted by Gasteiger charge is -2.34. The first-order valence-corrected chi connectivity index (χ1v) is 7.53. The Labute approximate surface area is 128 Å². The fourth-order valence-corrected chi connectivity index (χ4v) is 3.27. The number of benzene rings is 1. The lowest BCUT2D eigenvalue weighted by atomic mass is 9.87. The van der Waals surface area contributed by atoms with Crippen molar-refractivity contribution in [3.63, 3.8) is 0 Å². The third-order valence-corrected chi connectivity index (χ3v) is 4.36. The Bertz CT molecular complexity index is 659. The van der Waals surface area contributed by atoms with Crippen LogP contribution in [0.25, 0.3) is 10.9 Å². The summed E-state index contributed by atoms with van der Waals surface area (Å²) in [5.74, 6) is 0.426. The predicted octanol–water partition coefficient (Wildman–Crippen LogP) is 3.08. The van der Waals surface area contributed by atoms with E-state index in [0.29, 0.717) is 5.92 Å². The number of H-pyrrole nitrogens is 1. The third kappa shape index (κ3) is 2.70. The largest absolute Gasteiger partial charge is 0.331 e. The number of hydrogen-bond donors (Lipinski definition) is 1. The highest BCUT2D eigenvalue weighted by Gasteiger charge is 2.26. The summed E-state index contributed by atoms with van der Waals surface area (Å²) >= 11 is 6.20. The molecule has 5 nitrogen and oxygen atoms in total. The summed E-state index contributed by atoms with van der Waals surface area (Å²) in [6.07, 6.45) is 3.78. The van der Waals surface area contributed by atoms with E-state index in [4.69, 9.17) is 11.6 Å². The number of hydrogen-bond acceptors (Lipinski definition) is 2. The van der Waals surface area contributed by atoms with Crippen LogP contribution >= 0.6 is 11.6 Å². The van der Waals surface area contributed by atoms with Crippen LogP contribution in [0.4, 0.5) is 4.79 Å². The molecule has 0 unspecified atom stereocenters. The average molecular weight is 307 g/mol. The number of urea groups is 1. The van der Waals surface area contributed by atoms with Gasteiger partial charge < -0.3 is 9.80 Å². The molecule has 0 aliphatic carbocycles. The molecule has 0 atom stereocenters. The number of fused-ring (bicyclic) bond motifs is 1. The van der Waals surface area contributed by atoms with E-state index in [1.165, 1.54) is 5.56 Å². The summed E-state index contributed by atoms with van der Waals surface area (Å²) < 4.78 is 0. The van der Waals surface area contributed by atoms with Gasteiger partial charge in [-0.2, -0.15) is 5.10 Å². The summed E-state index contributed by atoms with van der Waals surface area (Å²) in [7, 11) is 3.58. The zero-order valence-electron chi connectivity index (χ0n) is 12.3. The Balaban J connectivity index is 1.80. The number of rotatable bonds is 1. The zero-order valence-corrected chi connectivity index (χ0v) is 13.0. The van der Waals surface area contributed by atoms with Gasteiger partial charge in [0.05, 0.1) is 11.7 Å². The predicted molar refractivity (Wildman–Crippen MR) is 83.7 cm³/mol. The first-order chi connectivity index (χ1) is 10.1. The lowest BCUT2D eigenvalue weighted by molar-refractivity contribution is 0.156. The van der Waals surface area contributed by atoms with Gasteiger partial charge in [0.1, 0.15) is 0 Å². The first-order valence-electron chi connectivity index (χ1n) is 7.15. The van der Waals surface area contributed by atoms with Gasteiger partial charge >= 0.3 is 6.03 Å². The van der Waals surface area contributed by atoms with Crippen LogP contribution < -0.4 is 0 Å². The molecule has 0 bridgehead atoms. The minimum absolute atomic E-state index is 0.0907. The van der Waals surface area contributed by atoms with Crippen molar-refractivity contribution in [1.29, 1.82) is 0 Å². The summed E-state index contributed by atoms with van der Waals surface area (Å²) in [5.41, 5.74) is 2.22. The number of nitrogens with zero attached hydrogens (tertiary/aromatic N) is 3. The maximum absolute atomic E-state index is 12.0. The topological polar surface area (TPSA) is 52.2 Å². The molecule has 1 aliphatic heterocycles. The van der Waals surface area contributed by atoms with Crippen molar-refractivity contribution in [2.45, 2.75) is 18.8 Å². The monoisotopic (exact) mass is 306 g/mol. The van der Waals surface area contributed by atoms with Crippen molar-refractivity contribution in [3.05, 3.63) is 28.9 Å². The first kappa shape index (κ1) is 14.2. The number of halogens is 1. The standard InChI is InChI=1S/C15H19ClN4O/c1-19(2)15(21)20-5-3-10(4-6-20)12-7-11(16)8-14-13(12)9-17-18-14/h7-10H,3-6H2,1-2H3,(H,17,18). The highest BCUT2D eigenvalue weighted by atomic mass is 35.5. The molecule has 1 saturated heterocycles. The van der Waals surface area contributed by atoms with E-state index in [0.717, 1.165) is 41.9 Å². The molecular weight excluding hydrogens is 288 g/mol. The Kier molecular flexibility index (Phi) is 3.76. The Morgan fingerprint density at radius 1 is 1.38 bits per heavy atom. The number of aromatic amines is 1. The molecule has 0 spiro atoms. The van der Waals surface area contributed by atoms with Gasteiger partial charge in [-0.15, -0.1) is 0 Å². The van der Waals surface area contributed by atoms with E-state index in [2.05, 4.69) is 10.2 Å². The van der Waals surface area contributed by atoms with Crippen molar-refractivity contribution < 1.29 is 4.79 Å². The van der Waals surface area contributed by atoms with Gasteiger partial charge in [0, 0.05) is 37.6 Å². The van der Waals surface area contributed by atoms with Crippen LogP contribution in [-0.4, -0.2) is 53.2 Å². The van der Waals surface area contributed by atoms with Gasteiger partial charge in [-0.05, 0) is 36.5 Å². The van der Waals surface area contributed by atoms with E-state index in [1.807, 2.05) is 23.2 Å². The molecule has 1 fully saturated rings. The minimum atomic E-state index is 0.0907. The Morgan fingerprint density at radius 2 is 2.10 bits per heavy atom. The highest BCUT2D eigenvalue weighted by molar-refractivity contribution is 6.31. The molecule has 1 aromatic carbocycles. The molecule has 112 valence electrons. The van der Waals surface area contributed by atoms with Crippen LogP contribution in [0.3, 0.4) is 0 Å². The van der Waals surface area contributed by atoms with Crippen molar-refractivity contribution in [3.8, 4) is 0 Å². The van der Waals surface area contributed by atoms with Gasteiger partial charge in [0.25, 0.3) is 0 Å². The number of amides is 2. The smallest absolute Gasteiger partial charge is 0.319 e. The number of nitrogens with one attached hydrogen (secondary N) is 1. The third-order valence-electron chi connectivity index (χ3n) is 4.14. The van der Waals surface area contributed by atoms with E-state index < -0.39 is 0 Å². The van der Waals surface area contributed by atoms with Crippen LogP contribution in [-0.2, 0) is 0 Å². The lowest BCUT2D eigenvalue weighted by Crippen LogP contribution is -2.43. The molecule has 0 saturated carbocycles.